The highest BCUT2D eigenvalue weighted by Gasteiger charge is 2.34. The molecule has 0 amide bonds. The van der Waals surface area contributed by atoms with Crippen LogP contribution >= 0.6 is 0 Å². The van der Waals surface area contributed by atoms with Crippen molar-refractivity contribution in [3.63, 3.8) is 0 Å². The lowest BCUT2D eigenvalue weighted by atomic mass is 9.87. The second-order valence-electron chi connectivity index (χ2n) is 4.56. The lowest BCUT2D eigenvalue weighted by Crippen LogP contribution is -2.52. The van der Waals surface area contributed by atoms with Gasteiger partial charge in [-0.2, -0.15) is 0 Å². The molecule has 2 heteroatoms. The van der Waals surface area contributed by atoms with E-state index in [1.54, 1.807) is 6.92 Å². The standard InChI is InChI=1S/C11H20FN/c1-9(12)11-7-4-6-10-5-2-3-8-13(10)11/h9-11H,2-8H2,1H3. The van der Waals surface area contributed by atoms with Crippen molar-refractivity contribution < 1.29 is 4.39 Å². The molecule has 2 rings (SSSR count). The van der Waals surface area contributed by atoms with E-state index in [9.17, 15) is 4.39 Å². The molecule has 2 heterocycles. The van der Waals surface area contributed by atoms with Crippen LogP contribution in [0.5, 0.6) is 0 Å². The first kappa shape index (κ1) is 9.45. The van der Waals surface area contributed by atoms with Gasteiger partial charge in [-0.05, 0) is 39.2 Å². The highest BCUT2D eigenvalue weighted by Crippen LogP contribution is 2.31. The van der Waals surface area contributed by atoms with E-state index in [1.807, 2.05) is 0 Å². The molecule has 2 fully saturated rings. The Morgan fingerprint density at radius 1 is 1.15 bits per heavy atom. The third-order valence-corrected chi connectivity index (χ3v) is 3.67. The van der Waals surface area contributed by atoms with Gasteiger partial charge in [0.25, 0.3) is 0 Å². The lowest BCUT2D eigenvalue weighted by Gasteiger charge is -2.45. The van der Waals surface area contributed by atoms with Gasteiger partial charge in [0.05, 0.1) is 0 Å². The average Bonchev–Trinajstić information content (AvgIpc) is 2.17. The summed E-state index contributed by atoms with van der Waals surface area (Å²) in [5.74, 6) is 0. The minimum Gasteiger partial charge on any atom is -0.295 e. The summed E-state index contributed by atoms with van der Waals surface area (Å²) >= 11 is 0. The van der Waals surface area contributed by atoms with Gasteiger partial charge in [-0.1, -0.05) is 12.8 Å². The predicted molar refractivity (Wildman–Crippen MR) is 52.6 cm³/mol. The molecule has 3 unspecified atom stereocenters. The van der Waals surface area contributed by atoms with Crippen LogP contribution in [-0.2, 0) is 0 Å². The van der Waals surface area contributed by atoms with Crippen molar-refractivity contribution in [3.05, 3.63) is 0 Å². The number of fused-ring (bicyclic) bond motifs is 1. The summed E-state index contributed by atoms with van der Waals surface area (Å²) in [5.41, 5.74) is 0. The molecule has 0 aromatic heterocycles. The molecule has 0 aromatic rings. The third kappa shape index (κ3) is 1.88. The van der Waals surface area contributed by atoms with Gasteiger partial charge in [-0.25, -0.2) is 4.39 Å². The quantitative estimate of drug-likeness (QED) is 0.607. The number of rotatable bonds is 1. The molecule has 0 aromatic carbocycles. The summed E-state index contributed by atoms with van der Waals surface area (Å²) in [7, 11) is 0. The summed E-state index contributed by atoms with van der Waals surface area (Å²) in [5, 5.41) is 0. The molecule has 2 aliphatic rings. The van der Waals surface area contributed by atoms with E-state index in [-0.39, 0.29) is 6.04 Å². The van der Waals surface area contributed by atoms with Gasteiger partial charge in [0, 0.05) is 12.1 Å². The third-order valence-electron chi connectivity index (χ3n) is 3.67. The fraction of sp³-hybridized carbons (Fsp3) is 1.00. The summed E-state index contributed by atoms with van der Waals surface area (Å²) in [4.78, 5) is 2.44. The second kappa shape index (κ2) is 3.95. The van der Waals surface area contributed by atoms with E-state index in [0.29, 0.717) is 6.04 Å². The number of hydrogen-bond acceptors (Lipinski definition) is 1. The Morgan fingerprint density at radius 3 is 2.69 bits per heavy atom. The fourth-order valence-electron chi connectivity index (χ4n) is 2.99. The Hall–Kier alpha value is -0.110. The summed E-state index contributed by atoms with van der Waals surface area (Å²) < 4.78 is 13.3. The van der Waals surface area contributed by atoms with Crippen molar-refractivity contribution in [2.45, 2.75) is 63.7 Å². The molecule has 13 heavy (non-hydrogen) atoms. The average molecular weight is 185 g/mol. The Morgan fingerprint density at radius 2 is 1.92 bits per heavy atom. The molecule has 0 aliphatic carbocycles. The molecule has 0 spiro atoms. The smallest absolute Gasteiger partial charge is 0.113 e. The van der Waals surface area contributed by atoms with Crippen LogP contribution in [0.2, 0.25) is 0 Å². The highest BCUT2D eigenvalue weighted by atomic mass is 19.1. The number of piperidine rings is 2. The molecule has 0 radical (unpaired) electrons. The number of hydrogen-bond donors (Lipinski definition) is 0. The van der Waals surface area contributed by atoms with Gasteiger partial charge in [-0.3, -0.25) is 4.90 Å². The van der Waals surface area contributed by atoms with E-state index in [4.69, 9.17) is 0 Å². The van der Waals surface area contributed by atoms with Gasteiger partial charge in [0.2, 0.25) is 0 Å². The number of halogens is 1. The highest BCUT2D eigenvalue weighted by molar-refractivity contribution is 4.89. The van der Waals surface area contributed by atoms with Crippen LogP contribution in [0.25, 0.3) is 0 Å². The zero-order chi connectivity index (χ0) is 9.26. The summed E-state index contributed by atoms with van der Waals surface area (Å²) in [6.07, 6.45) is 6.93. The second-order valence-corrected chi connectivity index (χ2v) is 4.56. The van der Waals surface area contributed by atoms with Crippen LogP contribution in [0.4, 0.5) is 4.39 Å². The van der Waals surface area contributed by atoms with Crippen molar-refractivity contribution in [2.75, 3.05) is 6.54 Å². The van der Waals surface area contributed by atoms with Crippen molar-refractivity contribution in [1.29, 1.82) is 0 Å². The van der Waals surface area contributed by atoms with Gasteiger partial charge in [0.1, 0.15) is 6.17 Å². The molecular weight excluding hydrogens is 165 g/mol. The van der Waals surface area contributed by atoms with E-state index < -0.39 is 6.17 Å². The van der Waals surface area contributed by atoms with Crippen molar-refractivity contribution in [3.8, 4) is 0 Å². The first-order valence-corrected chi connectivity index (χ1v) is 5.69. The van der Waals surface area contributed by atoms with Crippen molar-refractivity contribution >= 4 is 0 Å². The predicted octanol–water partition coefficient (Wildman–Crippen LogP) is 2.75. The molecular formula is C11H20FN. The van der Waals surface area contributed by atoms with Crippen LogP contribution in [0.15, 0.2) is 0 Å². The fourth-order valence-corrected chi connectivity index (χ4v) is 2.99. The maximum atomic E-state index is 13.3. The monoisotopic (exact) mass is 185 g/mol. The topological polar surface area (TPSA) is 3.24 Å². The molecule has 2 aliphatic heterocycles. The van der Waals surface area contributed by atoms with Crippen LogP contribution in [0.1, 0.15) is 45.4 Å². The van der Waals surface area contributed by atoms with Crippen LogP contribution in [0, 0.1) is 0 Å². The Balaban J connectivity index is 2.02. The normalized spacial score (nSPS) is 38.3. The first-order valence-electron chi connectivity index (χ1n) is 5.69. The van der Waals surface area contributed by atoms with Gasteiger partial charge in [0.15, 0.2) is 0 Å². The molecule has 0 saturated carbocycles. The Labute approximate surface area is 80.3 Å². The lowest BCUT2D eigenvalue weighted by molar-refractivity contribution is 0.0152. The minimum absolute atomic E-state index is 0.235. The van der Waals surface area contributed by atoms with E-state index in [0.717, 1.165) is 13.0 Å². The SMILES string of the molecule is CC(F)C1CCCC2CCCCN21. The largest absolute Gasteiger partial charge is 0.295 e. The Kier molecular flexibility index (Phi) is 2.87. The first-order chi connectivity index (χ1) is 6.29. The van der Waals surface area contributed by atoms with Gasteiger partial charge < -0.3 is 0 Å². The van der Waals surface area contributed by atoms with Crippen LogP contribution in [0.3, 0.4) is 0 Å². The van der Waals surface area contributed by atoms with Crippen molar-refractivity contribution in [1.82, 2.24) is 4.90 Å². The van der Waals surface area contributed by atoms with E-state index in [1.165, 1.54) is 32.1 Å². The molecule has 0 bridgehead atoms. The zero-order valence-corrected chi connectivity index (χ0v) is 8.51. The number of nitrogens with zero attached hydrogens (tertiary/aromatic N) is 1. The molecule has 76 valence electrons. The van der Waals surface area contributed by atoms with Crippen molar-refractivity contribution in [2.24, 2.45) is 0 Å². The summed E-state index contributed by atoms with van der Waals surface area (Å²) in [6, 6.07) is 0.949. The van der Waals surface area contributed by atoms with Gasteiger partial charge in [-0.15, -0.1) is 0 Å². The van der Waals surface area contributed by atoms with E-state index >= 15 is 0 Å². The molecule has 0 N–H and O–H groups in total. The maximum Gasteiger partial charge on any atom is 0.113 e. The van der Waals surface area contributed by atoms with Gasteiger partial charge >= 0.3 is 0 Å². The van der Waals surface area contributed by atoms with E-state index in [2.05, 4.69) is 4.90 Å². The summed E-state index contributed by atoms with van der Waals surface area (Å²) in [6.45, 7) is 2.87. The van der Waals surface area contributed by atoms with Crippen LogP contribution < -0.4 is 0 Å². The van der Waals surface area contributed by atoms with Crippen LogP contribution in [-0.4, -0.2) is 29.7 Å². The minimum atomic E-state index is -0.638. The molecule has 2 saturated heterocycles. The zero-order valence-electron chi connectivity index (χ0n) is 8.51. The Bertz CT molecular complexity index is 167. The number of alkyl halides is 1. The molecule has 1 nitrogen and oxygen atoms in total. The maximum absolute atomic E-state index is 13.3. The molecule has 3 atom stereocenters.